The zero-order valence-electron chi connectivity index (χ0n) is 11.6. The van der Waals surface area contributed by atoms with Crippen LogP contribution in [0.3, 0.4) is 0 Å². The highest BCUT2D eigenvalue weighted by atomic mass is 16.3. The summed E-state index contributed by atoms with van der Waals surface area (Å²) in [5.74, 6) is 0.141. The zero-order chi connectivity index (χ0) is 14.5. The zero-order valence-corrected chi connectivity index (χ0v) is 11.6. The van der Waals surface area contributed by atoms with E-state index in [1.165, 1.54) is 0 Å². The number of phenolic OH excluding ortho intramolecular Hbond substituents is 1. The van der Waals surface area contributed by atoms with Gasteiger partial charge in [0.05, 0.1) is 0 Å². The Balaban J connectivity index is 2.10. The van der Waals surface area contributed by atoms with Crippen LogP contribution in [0, 0.1) is 6.92 Å². The van der Waals surface area contributed by atoms with E-state index in [1.807, 2.05) is 44.2 Å². The summed E-state index contributed by atoms with van der Waals surface area (Å²) in [6.07, 6.45) is 1.55. The number of allylic oxidation sites excluding steroid dienone is 2. The average Bonchev–Trinajstić information content (AvgIpc) is 2.39. The number of carbonyl (C=O) groups is 1. The van der Waals surface area contributed by atoms with Gasteiger partial charge in [0.25, 0.3) is 0 Å². The standard InChI is InChI=1S/C17H17NO2/c1-12-6-8-14(9-7-12)17(20)10-13(2)18-15-4-3-5-16(19)11-15/h3-11,18-19H,1-2H3/b13-10-. The maximum Gasteiger partial charge on any atom is 0.187 e. The third kappa shape index (κ3) is 3.72. The topological polar surface area (TPSA) is 49.3 Å². The smallest absolute Gasteiger partial charge is 0.187 e. The summed E-state index contributed by atoms with van der Waals surface area (Å²) in [5.41, 5.74) is 3.25. The molecule has 0 aliphatic heterocycles. The molecule has 2 rings (SSSR count). The van der Waals surface area contributed by atoms with Gasteiger partial charge >= 0.3 is 0 Å². The van der Waals surface area contributed by atoms with Crippen LogP contribution in [0.4, 0.5) is 5.69 Å². The van der Waals surface area contributed by atoms with Gasteiger partial charge in [-0.25, -0.2) is 0 Å². The van der Waals surface area contributed by atoms with Crippen LogP contribution >= 0.6 is 0 Å². The molecule has 102 valence electrons. The Morgan fingerprint density at radius 3 is 2.50 bits per heavy atom. The van der Waals surface area contributed by atoms with Crippen LogP contribution in [-0.4, -0.2) is 10.9 Å². The summed E-state index contributed by atoms with van der Waals surface area (Å²) in [7, 11) is 0. The Bertz CT molecular complexity index is 642. The van der Waals surface area contributed by atoms with Crippen molar-refractivity contribution >= 4 is 11.5 Å². The number of aryl methyl sites for hydroxylation is 1. The Morgan fingerprint density at radius 2 is 1.85 bits per heavy atom. The van der Waals surface area contributed by atoms with E-state index in [-0.39, 0.29) is 11.5 Å². The van der Waals surface area contributed by atoms with Gasteiger partial charge in [0.15, 0.2) is 5.78 Å². The molecule has 0 radical (unpaired) electrons. The average molecular weight is 267 g/mol. The van der Waals surface area contributed by atoms with E-state index in [4.69, 9.17) is 0 Å². The molecule has 2 aromatic carbocycles. The van der Waals surface area contributed by atoms with Crippen molar-refractivity contribution in [1.29, 1.82) is 0 Å². The largest absolute Gasteiger partial charge is 0.508 e. The van der Waals surface area contributed by atoms with Crippen molar-refractivity contribution in [3.8, 4) is 5.75 Å². The van der Waals surface area contributed by atoms with Gasteiger partial charge in [-0.15, -0.1) is 0 Å². The lowest BCUT2D eigenvalue weighted by molar-refractivity contribution is 0.104. The first-order valence-electron chi connectivity index (χ1n) is 6.40. The fourth-order valence-electron chi connectivity index (χ4n) is 1.85. The number of hydrogen-bond donors (Lipinski definition) is 2. The van der Waals surface area contributed by atoms with Crippen LogP contribution in [-0.2, 0) is 0 Å². The number of nitrogens with one attached hydrogen (secondary N) is 1. The molecule has 0 aliphatic carbocycles. The molecule has 0 saturated carbocycles. The van der Waals surface area contributed by atoms with Crippen molar-refractivity contribution in [3.05, 3.63) is 71.4 Å². The quantitative estimate of drug-likeness (QED) is 0.652. The second kappa shape index (κ2) is 6.06. The minimum atomic E-state index is -0.0462. The first kappa shape index (κ1) is 13.9. The van der Waals surface area contributed by atoms with Crippen LogP contribution in [0.5, 0.6) is 5.75 Å². The highest BCUT2D eigenvalue weighted by molar-refractivity contribution is 6.05. The monoisotopic (exact) mass is 267 g/mol. The summed E-state index contributed by atoms with van der Waals surface area (Å²) in [6.45, 7) is 3.80. The van der Waals surface area contributed by atoms with E-state index >= 15 is 0 Å². The van der Waals surface area contributed by atoms with Gasteiger partial charge in [-0.05, 0) is 26.0 Å². The fourth-order valence-corrected chi connectivity index (χ4v) is 1.85. The molecule has 0 amide bonds. The summed E-state index contributed by atoms with van der Waals surface area (Å²) >= 11 is 0. The van der Waals surface area contributed by atoms with E-state index in [0.717, 1.165) is 16.9 Å². The van der Waals surface area contributed by atoms with Crippen molar-refractivity contribution in [1.82, 2.24) is 0 Å². The van der Waals surface area contributed by atoms with E-state index < -0.39 is 0 Å². The SMILES string of the molecule is C/C(=C/C(=O)c1ccc(C)cc1)Nc1cccc(O)c1. The van der Waals surface area contributed by atoms with E-state index in [0.29, 0.717) is 5.56 Å². The second-order valence-electron chi connectivity index (χ2n) is 4.73. The number of anilines is 1. The summed E-state index contributed by atoms with van der Waals surface area (Å²) in [5, 5.41) is 12.5. The number of hydrogen-bond acceptors (Lipinski definition) is 3. The maximum absolute atomic E-state index is 12.1. The molecule has 20 heavy (non-hydrogen) atoms. The molecule has 0 aliphatic rings. The Hall–Kier alpha value is -2.55. The lowest BCUT2D eigenvalue weighted by Gasteiger charge is -2.06. The number of benzene rings is 2. The van der Waals surface area contributed by atoms with E-state index in [9.17, 15) is 9.90 Å². The highest BCUT2D eigenvalue weighted by Crippen LogP contribution is 2.17. The van der Waals surface area contributed by atoms with Crippen molar-refractivity contribution in [3.63, 3.8) is 0 Å². The highest BCUT2D eigenvalue weighted by Gasteiger charge is 2.03. The molecular formula is C17H17NO2. The molecule has 0 unspecified atom stereocenters. The predicted molar refractivity (Wildman–Crippen MR) is 81.0 cm³/mol. The number of phenols is 1. The normalized spacial score (nSPS) is 11.2. The molecule has 3 nitrogen and oxygen atoms in total. The summed E-state index contributed by atoms with van der Waals surface area (Å²) in [4.78, 5) is 12.1. The minimum absolute atomic E-state index is 0.0462. The predicted octanol–water partition coefficient (Wildman–Crippen LogP) is 3.90. The fraction of sp³-hybridized carbons (Fsp3) is 0.118. The Kier molecular flexibility index (Phi) is 4.20. The van der Waals surface area contributed by atoms with E-state index in [1.54, 1.807) is 24.3 Å². The number of ketones is 1. The maximum atomic E-state index is 12.1. The molecule has 2 N–H and O–H groups in total. The van der Waals surface area contributed by atoms with Gasteiger partial charge in [0, 0.05) is 29.1 Å². The molecule has 0 spiro atoms. The van der Waals surface area contributed by atoms with Crippen LogP contribution < -0.4 is 5.32 Å². The lowest BCUT2D eigenvalue weighted by Crippen LogP contribution is -2.01. The van der Waals surface area contributed by atoms with Crippen molar-refractivity contribution in [2.75, 3.05) is 5.32 Å². The van der Waals surface area contributed by atoms with Gasteiger partial charge in [-0.2, -0.15) is 0 Å². The Labute approximate surface area is 118 Å². The van der Waals surface area contributed by atoms with Gasteiger partial charge < -0.3 is 10.4 Å². The molecule has 0 saturated heterocycles. The molecule has 0 fully saturated rings. The molecule has 0 bridgehead atoms. The van der Waals surface area contributed by atoms with Gasteiger partial charge in [-0.1, -0.05) is 35.9 Å². The third-order valence-corrected chi connectivity index (χ3v) is 2.87. The molecule has 0 aromatic heterocycles. The summed E-state index contributed by atoms with van der Waals surface area (Å²) in [6, 6.07) is 14.2. The van der Waals surface area contributed by atoms with Crippen molar-refractivity contribution in [2.24, 2.45) is 0 Å². The van der Waals surface area contributed by atoms with Crippen LogP contribution in [0.15, 0.2) is 60.3 Å². The number of carbonyl (C=O) groups excluding carboxylic acids is 1. The molecule has 0 heterocycles. The lowest BCUT2D eigenvalue weighted by atomic mass is 10.1. The van der Waals surface area contributed by atoms with Gasteiger partial charge in [0.2, 0.25) is 0 Å². The first-order valence-corrected chi connectivity index (χ1v) is 6.40. The number of aromatic hydroxyl groups is 1. The van der Waals surface area contributed by atoms with Crippen molar-refractivity contribution < 1.29 is 9.90 Å². The van der Waals surface area contributed by atoms with Gasteiger partial charge in [0.1, 0.15) is 5.75 Å². The first-order chi connectivity index (χ1) is 9.54. The third-order valence-electron chi connectivity index (χ3n) is 2.87. The van der Waals surface area contributed by atoms with E-state index in [2.05, 4.69) is 5.32 Å². The summed E-state index contributed by atoms with van der Waals surface area (Å²) < 4.78 is 0. The molecular weight excluding hydrogens is 250 g/mol. The molecule has 0 atom stereocenters. The number of rotatable bonds is 4. The second-order valence-corrected chi connectivity index (χ2v) is 4.73. The minimum Gasteiger partial charge on any atom is -0.508 e. The molecule has 3 heteroatoms. The Morgan fingerprint density at radius 1 is 1.15 bits per heavy atom. The molecule has 2 aromatic rings. The van der Waals surface area contributed by atoms with Crippen LogP contribution in [0.2, 0.25) is 0 Å². The van der Waals surface area contributed by atoms with Gasteiger partial charge in [-0.3, -0.25) is 4.79 Å². The van der Waals surface area contributed by atoms with Crippen molar-refractivity contribution in [2.45, 2.75) is 13.8 Å². The van der Waals surface area contributed by atoms with Crippen LogP contribution in [0.25, 0.3) is 0 Å². The van der Waals surface area contributed by atoms with Crippen LogP contribution in [0.1, 0.15) is 22.8 Å².